The van der Waals surface area contributed by atoms with Crippen molar-refractivity contribution in [2.24, 2.45) is 29.6 Å². The first-order chi connectivity index (χ1) is 17.3. The van der Waals surface area contributed by atoms with Gasteiger partial charge in [-0.2, -0.15) is 0 Å². The van der Waals surface area contributed by atoms with E-state index in [-0.39, 0.29) is 51.3 Å². The van der Waals surface area contributed by atoms with E-state index < -0.39 is 16.8 Å². The van der Waals surface area contributed by atoms with Gasteiger partial charge in [0.1, 0.15) is 0 Å². The van der Waals surface area contributed by atoms with Crippen molar-refractivity contribution in [3.8, 4) is 0 Å². The summed E-state index contributed by atoms with van der Waals surface area (Å²) in [5, 5.41) is 12.1. The summed E-state index contributed by atoms with van der Waals surface area (Å²) in [5.41, 5.74) is 1.41. The quantitative estimate of drug-likeness (QED) is 0.269. The lowest BCUT2D eigenvalue weighted by atomic mass is 9.68. The second kappa shape index (κ2) is 7.87. The Morgan fingerprint density at radius 3 is 2.31 bits per heavy atom. The smallest absolute Gasteiger partial charge is 0.305 e. The molecule has 1 saturated heterocycles. The first-order valence-electron chi connectivity index (χ1n) is 11.6. The van der Waals surface area contributed by atoms with Crippen LogP contribution >= 0.6 is 39.0 Å². The van der Waals surface area contributed by atoms with Gasteiger partial charge in [-0.25, -0.2) is 0 Å². The van der Waals surface area contributed by atoms with Crippen LogP contribution in [0.4, 0.5) is 11.4 Å². The average molecular weight is 584 g/mol. The molecule has 2 aromatic carbocycles. The number of amides is 2. The van der Waals surface area contributed by atoms with E-state index in [1.807, 2.05) is 12.1 Å². The largest absolute Gasteiger partial charge is 0.307 e. The zero-order chi connectivity index (χ0) is 24.9. The Labute approximate surface area is 221 Å². The van der Waals surface area contributed by atoms with Crippen LogP contribution < -0.4 is 9.77 Å². The average Bonchev–Trinajstić information content (AvgIpc) is 3.58. The van der Waals surface area contributed by atoms with Gasteiger partial charge in [0.05, 0.1) is 27.5 Å². The molecule has 3 fully saturated rings. The zero-order valence-corrected chi connectivity index (χ0v) is 21.7. The molecule has 182 valence electrons. The van der Waals surface area contributed by atoms with Crippen LogP contribution in [0.15, 0.2) is 62.8 Å². The Morgan fingerprint density at radius 1 is 0.972 bits per heavy atom. The second-order valence-electron chi connectivity index (χ2n) is 9.80. The molecule has 8 nitrogen and oxygen atoms in total. The molecular formula is C25H18BrN3O5S2. The third kappa shape index (κ3) is 3.02. The summed E-state index contributed by atoms with van der Waals surface area (Å²) < 4.78 is 0.971. The molecule has 5 unspecified atom stereocenters. The fourth-order valence-corrected chi connectivity index (χ4v) is 10.2. The number of hydrogen-bond donors (Lipinski definition) is 1. The summed E-state index contributed by atoms with van der Waals surface area (Å²) in [4.78, 5) is 55.4. The number of nitrogens with one attached hydrogen (secondary N) is 1. The molecule has 3 heterocycles. The van der Waals surface area contributed by atoms with Crippen molar-refractivity contribution in [3.05, 3.63) is 83.2 Å². The molecule has 0 radical (unpaired) electrons. The lowest BCUT2D eigenvalue weighted by Gasteiger charge is -2.43. The minimum Gasteiger partial charge on any atom is -0.307 e. The third-order valence-corrected chi connectivity index (χ3v) is 11.4. The number of carbonyl (C=O) groups is 2. The molecule has 11 heteroatoms. The van der Waals surface area contributed by atoms with E-state index >= 15 is 0 Å². The topological polar surface area (TPSA) is 113 Å². The number of H-pyrrole nitrogens is 1. The Bertz CT molecular complexity index is 1500. The fourth-order valence-electron chi connectivity index (χ4n) is 7.04. The van der Waals surface area contributed by atoms with Crippen molar-refractivity contribution in [2.75, 3.05) is 4.90 Å². The molecular weight excluding hydrogens is 566 g/mol. The number of anilines is 1. The number of non-ortho nitro benzene ring substituents is 1. The highest BCUT2D eigenvalue weighted by Gasteiger charge is 2.69. The van der Waals surface area contributed by atoms with Crippen LogP contribution in [-0.4, -0.2) is 27.0 Å². The fraction of sp³-hybridized carbons (Fsp3) is 0.320. The minimum absolute atomic E-state index is 0.0180. The summed E-state index contributed by atoms with van der Waals surface area (Å²) in [5.74, 6) is -1.06. The lowest BCUT2D eigenvalue weighted by Crippen LogP contribution is -2.42. The number of fused-ring (bicyclic) bond motifs is 9. The predicted octanol–water partition coefficient (Wildman–Crippen LogP) is 4.79. The monoisotopic (exact) mass is 583 g/mol. The van der Waals surface area contributed by atoms with Crippen molar-refractivity contribution in [1.82, 2.24) is 4.98 Å². The van der Waals surface area contributed by atoms with Crippen LogP contribution in [0.25, 0.3) is 0 Å². The molecule has 1 N–H and O–H groups in total. The van der Waals surface area contributed by atoms with Gasteiger partial charge >= 0.3 is 4.87 Å². The predicted molar refractivity (Wildman–Crippen MR) is 138 cm³/mol. The second-order valence-corrected chi connectivity index (χ2v) is 12.9. The van der Waals surface area contributed by atoms with Crippen molar-refractivity contribution < 1.29 is 14.5 Å². The Morgan fingerprint density at radius 2 is 1.64 bits per heavy atom. The number of nitrogens with zero attached hydrogens (tertiary/aromatic N) is 2. The zero-order valence-electron chi connectivity index (χ0n) is 18.5. The molecule has 2 bridgehead atoms. The highest BCUT2D eigenvalue weighted by molar-refractivity contribution is 9.10. The van der Waals surface area contributed by atoms with Gasteiger partial charge in [-0.3, -0.25) is 29.4 Å². The Hall–Kier alpha value is -2.76. The number of thioether (sulfide) groups is 1. The van der Waals surface area contributed by atoms with Crippen LogP contribution in [-0.2, 0) is 9.59 Å². The maximum Gasteiger partial charge on any atom is 0.305 e. The molecule has 1 aromatic heterocycles. The Balaban J connectivity index is 1.29. The highest BCUT2D eigenvalue weighted by Crippen LogP contribution is 2.68. The van der Waals surface area contributed by atoms with Gasteiger partial charge in [0.15, 0.2) is 0 Å². The van der Waals surface area contributed by atoms with Crippen LogP contribution in [0, 0.1) is 39.7 Å². The molecule has 4 aliphatic rings. The number of thiazole rings is 1. The lowest BCUT2D eigenvalue weighted by molar-refractivity contribution is -0.384. The van der Waals surface area contributed by atoms with E-state index in [4.69, 9.17) is 0 Å². The first kappa shape index (κ1) is 22.4. The van der Waals surface area contributed by atoms with Gasteiger partial charge in [-0.1, -0.05) is 39.4 Å². The maximum atomic E-state index is 13.7. The van der Waals surface area contributed by atoms with Gasteiger partial charge in [-0.15, -0.1) is 11.8 Å². The minimum atomic E-state index is -0.500. The normalized spacial score (nSPS) is 31.9. The van der Waals surface area contributed by atoms with Gasteiger partial charge in [0, 0.05) is 32.7 Å². The van der Waals surface area contributed by atoms with E-state index in [0.717, 1.165) is 26.4 Å². The molecule has 7 atom stereocenters. The van der Waals surface area contributed by atoms with Gasteiger partial charge in [-0.05, 0) is 54.0 Å². The SMILES string of the molecule is O=C1C2C(C(=O)N1c1ccc([N+](=O)[O-])cc1)[C@@H]1C[C@H]2C2Sc3[nH]c(=O)sc3C(c3ccc(Br)cc3)C21. The standard InChI is InChI=1S/C25H18BrN3O5S2/c26-11-3-1-10(2-4-11)16-17-14-9-15(20(17)35-22-21(16)36-25(32)27-22)19-18(14)23(30)28(24(19)31)12-5-7-13(8-6-12)29(33)34/h1-8,14-20H,9H2,(H,27,32)/t14-,15-,16?,17?,18?,19?,20?/m1/s1. The molecule has 2 aliphatic carbocycles. The number of carbonyl (C=O) groups excluding carboxylic acids is 2. The van der Waals surface area contributed by atoms with Crippen molar-refractivity contribution in [3.63, 3.8) is 0 Å². The van der Waals surface area contributed by atoms with E-state index in [9.17, 15) is 24.5 Å². The number of nitro benzene ring substituents is 1. The maximum absolute atomic E-state index is 13.7. The number of imide groups is 1. The van der Waals surface area contributed by atoms with Gasteiger partial charge in [0.25, 0.3) is 5.69 Å². The summed E-state index contributed by atoms with van der Waals surface area (Å²) in [6.07, 6.45) is 0.815. The number of hydrogen-bond acceptors (Lipinski definition) is 7. The molecule has 2 amide bonds. The summed E-state index contributed by atoms with van der Waals surface area (Å²) >= 11 is 6.40. The third-order valence-electron chi connectivity index (χ3n) is 8.27. The van der Waals surface area contributed by atoms with Crippen molar-refractivity contribution in [1.29, 1.82) is 0 Å². The van der Waals surface area contributed by atoms with Crippen LogP contribution in [0.2, 0.25) is 0 Å². The highest BCUT2D eigenvalue weighted by atomic mass is 79.9. The summed E-state index contributed by atoms with van der Waals surface area (Å²) in [6, 6.07) is 13.7. The van der Waals surface area contributed by atoms with E-state index in [2.05, 4.69) is 33.0 Å². The van der Waals surface area contributed by atoms with E-state index in [0.29, 0.717) is 5.69 Å². The molecule has 0 spiro atoms. The number of rotatable bonds is 3. The van der Waals surface area contributed by atoms with Crippen molar-refractivity contribution in [2.45, 2.75) is 22.6 Å². The van der Waals surface area contributed by atoms with Crippen LogP contribution in [0.3, 0.4) is 0 Å². The van der Waals surface area contributed by atoms with Crippen LogP contribution in [0.1, 0.15) is 22.8 Å². The number of nitro groups is 1. The Kier molecular flexibility index (Phi) is 4.90. The van der Waals surface area contributed by atoms with Crippen molar-refractivity contribution >= 4 is 62.2 Å². The van der Waals surface area contributed by atoms with Gasteiger partial charge < -0.3 is 4.98 Å². The summed E-state index contributed by atoms with van der Waals surface area (Å²) in [7, 11) is 0. The number of benzene rings is 2. The molecule has 36 heavy (non-hydrogen) atoms. The number of aromatic nitrogens is 1. The molecule has 2 saturated carbocycles. The first-order valence-corrected chi connectivity index (χ1v) is 14.1. The summed E-state index contributed by atoms with van der Waals surface area (Å²) in [6.45, 7) is 0. The van der Waals surface area contributed by atoms with E-state index in [1.54, 1.807) is 11.8 Å². The molecule has 3 aromatic rings. The van der Waals surface area contributed by atoms with Gasteiger partial charge in [0.2, 0.25) is 11.8 Å². The van der Waals surface area contributed by atoms with Crippen LogP contribution in [0.5, 0.6) is 0 Å². The van der Waals surface area contributed by atoms with E-state index in [1.165, 1.54) is 40.5 Å². The molecule has 2 aliphatic heterocycles. The number of halogens is 1. The molecule has 7 rings (SSSR count). The number of aromatic amines is 1.